The Morgan fingerprint density at radius 1 is 1.38 bits per heavy atom. The Kier molecular flexibility index (Phi) is 5.43. The molecule has 0 fully saturated rings. The minimum absolute atomic E-state index is 0.0767. The van der Waals surface area contributed by atoms with E-state index in [4.69, 9.17) is 5.84 Å². The summed E-state index contributed by atoms with van der Waals surface area (Å²) in [5.74, 6) is 5.31. The van der Waals surface area contributed by atoms with Gasteiger partial charge in [0.05, 0.1) is 0 Å². The molecular weight excluding hydrogens is 203 g/mol. The lowest BCUT2D eigenvalue weighted by Gasteiger charge is -2.17. The van der Waals surface area contributed by atoms with Crippen LogP contribution in [0.5, 0.6) is 0 Å². The van der Waals surface area contributed by atoms with Crippen LogP contribution in [0.4, 0.5) is 4.39 Å². The van der Waals surface area contributed by atoms with Crippen molar-refractivity contribution in [2.45, 2.75) is 45.6 Å². The van der Waals surface area contributed by atoms with Gasteiger partial charge in [-0.05, 0) is 25.0 Å². The lowest BCUT2D eigenvalue weighted by atomic mass is 9.99. The van der Waals surface area contributed by atoms with Crippen molar-refractivity contribution in [3.05, 3.63) is 35.1 Å². The number of hydrogen-bond acceptors (Lipinski definition) is 2. The highest BCUT2D eigenvalue weighted by Gasteiger charge is 2.13. The summed E-state index contributed by atoms with van der Waals surface area (Å²) in [6, 6.07) is 5.22. The zero-order chi connectivity index (χ0) is 12.0. The van der Waals surface area contributed by atoms with Crippen molar-refractivity contribution in [1.29, 1.82) is 0 Å². The summed E-state index contributed by atoms with van der Waals surface area (Å²) in [6.07, 6.45) is 4.27. The second kappa shape index (κ2) is 6.61. The first kappa shape index (κ1) is 13.1. The van der Waals surface area contributed by atoms with Crippen LogP contribution in [0.15, 0.2) is 18.2 Å². The average Bonchev–Trinajstić information content (AvgIpc) is 2.26. The molecule has 0 saturated carbocycles. The first-order valence-electron chi connectivity index (χ1n) is 5.91. The topological polar surface area (TPSA) is 38.0 Å². The summed E-state index contributed by atoms with van der Waals surface area (Å²) in [4.78, 5) is 0. The maximum Gasteiger partial charge on any atom is 0.128 e. The van der Waals surface area contributed by atoms with Crippen LogP contribution in [0.1, 0.15) is 49.8 Å². The van der Waals surface area contributed by atoms with Crippen molar-refractivity contribution in [3.8, 4) is 0 Å². The molecule has 0 amide bonds. The van der Waals surface area contributed by atoms with Crippen molar-refractivity contribution in [3.63, 3.8) is 0 Å². The minimum atomic E-state index is -0.167. The van der Waals surface area contributed by atoms with Gasteiger partial charge >= 0.3 is 0 Å². The van der Waals surface area contributed by atoms with Gasteiger partial charge in [-0.1, -0.05) is 38.3 Å². The number of nitrogens with two attached hydrogens (primary N) is 1. The number of hydrogen-bond donors (Lipinski definition) is 2. The van der Waals surface area contributed by atoms with Gasteiger partial charge in [0.2, 0.25) is 0 Å². The SMILES string of the molecule is CCCCCC(NN)c1ccc(C)cc1F. The molecule has 0 aliphatic heterocycles. The van der Waals surface area contributed by atoms with Gasteiger partial charge in [-0.3, -0.25) is 11.3 Å². The van der Waals surface area contributed by atoms with Gasteiger partial charge in [-0.2, -0.15) is 0 Å². The molecule has 1 atom stereocenters. The fourth-order valence-corrected chi connectivity index (χ4v) is 1.84. The Morgan fingerprint density at radius 2 is 2.12 bits per heavy atom. The molecule has 0 aliphatic rings. The van der Waals surface area contributed by atoms with E-state index in [1.165, 1.54) is 0 Å². The van der Waals surface area contributed by atoms with Gasteiger partial charge in [-0.15, -0.1) is 0 Å². The molecule has 2 nitrogen and oxygen atoms in total. The van der Waals surface area contributed by atoms with Crippen LogP contribution in [0, 0.1) is 12.7 Å². The molecule has 1 unspecified atom stereocenters. The third-order valence-corrected chi connectivity index (χ3v) is 2.83. The van der Waals surface area contributed by atoms with Gasteiger partial charge < -0.3 is 0 Å². The van der Waals surface area contributed by atoms with Gasteiger partial charge in [0.15, 0.2) is 0 Å². The molecule has 3 heteroatoms. The number of hydrazine groups is 1. The Hall–Kier alpha value is -0.930. The van der Waals surface area contributed by atoms with Crippen LogP contribution in [0.2, 0.25) is 0 Å². The standard InChI is InChI=1S/C13H21FN2/c1-3-4-5-6-13(16-15)11-8-7-10(2)9-12(11)14/h7-9,13,16H,3-6,15H2,1-2H3. The maximum absolute atomic E-state index is 13.7. The molecule has 1 aromatic carbocycles. The van der Waals surface area contributed by atoms with E-state index in [2.05, 4.69) is 12.3 Å². The van der Waals surface area contributed by atoms with Gasteiger partial charge in [0, 0.05) is 11.6 Å². The van der Waals surface area contributed by atoms with Crippen LogP contribution < -0.4 is 11.3 Å². The zero-order valence-corrected chi connectivity index (χ0v) is 10.1. The highest BCUT2D eigenvalue weighted by Crippen LogP contribution is 2.22. The second-order valence-corrected chi connectivity index (χ2v) is 4.24. The lowest BCUT2D eigenvalue weighted by Crippen LogP contribution is -2.28. The highest BCUT2D eigenvalue weighted by molar-refractivity contribution is 5.26. The molecule has 0 bridgehead atoms. The Morgan fingerprint density at radius 3 is 2.69 bits per heavy atom. The smallest absolute Gasteiger partial charge is 0.128 e. The third kappa shape index (κ3) is 3.58. The van der Waals surface area contributed by atoms with Crippen LogP contribution in [-0.2, 0) is 0 Å². The van der Waals surface area contributed by atoms with E-state index in [1.807, 2.05) is 19.1 Å². The van der Waals surface area contributed by atoms with Gasteiger partial charge in [0.25, 0.3) is 0 Å². The fraction of sp³-hybridized carbons (Fsp3) is 0.538. The summed E-state index contributed by atoms with van der Waals surface area (Å²) in [7, 11) is 0. The Balaban J connectivity index is 2.70. The van der Waals surface area contributed by atoms with Crippen molar-refractivity contribution in [2.75, 3.05) is 0 Å². The first-order valence-corrected chi connectivity index (χ1v) is 5.91. The van der Waals surface area contributed by atoms with E-state index in [9.17, 15) is 4.39 Å². The van der Waals surface area contributed by atoms with E-state index < -0.39 is 0 Å². The van der Waals surface area contributed by atoms with Crippen LogP contribution in [-0.4, -0.2) is 0 Å². The molecule has 90 valence electrons. The molecule has 1 rings (SSSR count). The van der Waals surface area contributed by atoms with Crippen molar-refractivity contribution in [1.82, 2.24) is 5.43 Å². The van der Waals surface area contributed by atoms with E-state index >= 15 is 0 Å². The molecule has 0 heterocycles. The predicted molar refractivity (Wildman–Crippen MR) is 65.3 cm³/mol. The van der Waals surface area contributed by atoms with Crippen molar-refractivity contribution in [2.24, 2.45) is 5.84 Å². The van der Waals surface area contributed by atoms with Crippen LogP contribution >= 0.6 is 0 Å². The van der Waals surface area contributed by atoms with Crippen LogP contribution in [0.25, 0.3) is 0 Å². The quantitative estimate of drug-likeness (QED) is 0.442. The first-order chi connectivity index (χ1) is 7.69. The number of benzene rings is 1. The van der Waals surface area contributed by atoms with Gasteiger partial charge in [0.1, 0.15) is 5.82 Å². The number of rotatable bonds is 6. The number of aryl methyl sites for hydroxylation is 1. The van der Waals surface area contributed by atoms with Gasteiger partial charge in [-0.25, -0.2) is 4.39 Å². The van der Waals surface area contributed by atoms with E-state index in [-0.39, 0.29) is 11.9 Å². The molecule has 0 spiro atoms. The van der Waals surface area contributed by atoms with E-state index in [0.29, 0.717) is 5.56 Å². The number of nitrogens with one attached hydrogen (secondary N) is 1. The zero-order valence-electron chi connectivity index (χ0n) is 10.1. The molecule has 1 aromatic rings. The molecule has 16 heavy (non-hydrogen) atoms. The van der Waals surface area contributed by atoms with Crippen molar-refractivity contribution < 1.29 is 4.39 Å². The molecule has 0 saturated heterocycles. The van der Waals surface area contributed by atoms with Crippen LogP contribution in [0.3, 0.4) is 0 Å². The molecule has 0 aliphatic carbocycles. The monoisotopic (exact) mass is 224 g/mol. The average molecular weight is 224 g/mol. The molecule has 0 aromatic heterocycles. The summed E-state index contributed by atoms with van der Waals surface area (Å²) in [5.41, 5.74) is 4.30. The number of halogens is 1. The third-order valence-electron chi connectivity index (χ3n) is 2.83. The second-order valence-electron chi connectivity index (χ2n) is 4.24. The number of unbranched alkanes of at least 4 members (excludes halogenated alkanes) is 2. The molecular formula is C13H21FN2. The largest absolute Gasteiger partial charge is 0.271 e. The summed E-state index contributed by atoms with van der Waals surface area (Å²) >= 11 is 0. The highest BCUT2D eigenvalue weighted by atomic mass is 19.1. The molecule has 3 N–H and O–H groups in total. The maximum atomic E-state index is 13.7. The lowest BCUT2D eigenvalue weighted by molar-refractivity contribution is 0.464. The summed E-state index contributed by atoms with van der Waals surface area (Å²) in [6.45, 7) is 4.03. The van der Waals surface area contributed by atoms with Crippen molar-refractivity contribution >= 4 is 0 Å². The Labute approximate surface area is 97.0 Å². The Bertz CT molecular complexity index is 326. The predicted octanol–water partition coefficient (Wildman–Crippen LogP) is 3.22. The summed E-state index contributed by atoms with van der Waals surface area (Å²) in [5, 5.41) is 0. The van der Waals surface area contributed by atoms with E-state index in [1.54, 1.807) is 6.07 Å². The minimum Gasteiger partial charge on any atom is -0.271 e. The van der Waals surface area contributed by atoms with E-state index in [0.717, 1.165) is 31.2 Å². The fourth-order valence-electron chi connectivity index (χ4n) is 1.84. The summed E-state index contributed by atoms with van der Waals surface area (Å²) < 4.78 is 13.7. The molecule has 0 radical (unpaired) electrons. The normalized spacial score (nSPS) is 12.8.